The summed E-state index contributed by atoms with van der Waals surface area (Å²) in [5.41, 5.74) is 0.755. The Morgan fingerprint density at radius 3 is 2.83 bits per heavy atom. The first kappa shape index (κ1) is 20.4. The Bertz CT molecular complexity index is 867. The van der Waals surface area contributed by atoms with Gasteiger partial charge in [-0.3, -0.25) is 9.69 Å². The van der Waals surface area contributed by atoms with Gasteiger partial charge in [0.05, 0.1) is 38.2 Å². The zero-order valence-corrected chi connectivity index (χ0v) is 16.5. The third kappa shape index (κ3) is 4.59. The quantitative estimate of drug-likeness (QED) is 0.519. The lowest BCUT2D eigenvalue weighted by Gasteiger charge is -2.21. The molecule has 2 saturated heterocycles. The van der Waals surface area contributed by atoms with Gasteiger partial charge in [0.25, 0.3) is 0 Å². The molecular formula is C21H24FN3O4. The summed E-state index contributed by atoms with van der Waals surface area (Å²) in [5.74, 6) is 0.0391. The monoisotopic (exact) mass is 401 g/mol. The molecule has 0 bridgehead atoms. The first-order valence-electron chi connectivity index (χ1n) is 9.26. The Balaban J connectivity index is 1.66. The van der Waals surface area contributed by atoms with Crippen LogP contribution in [0.15, 0.2) is 54.8 Å². The zero-order chi connectivity index (χ0) is 21.0. The van der Waals surface area contributed by atoms with Crippen LogP contribution in [0.1, 0.15) is 6.92 Å². The molecule has 1 aromatic carbocycles. The second-order valence-electron chi connectivity index (χ2n) is 6.81. The molecule has 0 aromatic heterocycles. The Kier molecular flexibility index (Phi) is 6.21. The van der Waals surface area contributed by atoms with Gasteiger partial charge < -0.3 is 19.3 Å². The van der Waals surface area contributed by atoms with Gasteiger partial charge in [0.2, 0.25) is 5.91 Å². The number of halogens is 1. The number of methoxy groups -OCH3 is 1. The number of amides is 2. The maximum absolute atomic E-state index is 14.7. The van der Waals surface area contributed by atoms with Gasteiger partial charge in [0, 0.05) is 6.54 Å². The molecule has 2 aliphatic rings. The number of carbonyl (C=O) groups excluding carboxylic acids is 2. The minimum absolute atomic E-state index is 0.0898. The highest BCUT2D eigenvalue weighted by molar-refractivity contribution is 5.90. The third-order valence-electron chi connectivity index (χ3n) is 4.69. The fraction of sp³-hybridized carbons (Fsp3) is 0.333. The highest BCUT2D eigenvalue weighted by atomic mass is 19.1. The van der Waals surface area contributed by atoms with E-state index >= 15 is 0 Å². The Morgan fingerprint density at radius 1 is 1.41 bits per heavy atom. The molecule has 0 spiro atoms. The van der Waals surface area contributed by atoms with Crippen LogP contribution in [0, 0.1) is 5.82 Å². The van der Waals surface area contributed by atoms with Gasteiger partial charge in [0.1, 0.15) is 17.7 Å². The van der Waals surface area contributed by atoms with Gasteiger partial charge in [-0.1, -0.05) is 18.7 Å². The van der Waals surface area contributed by atoms with Crippen LogP contribution in [0.4, 0.5) is 20.6 Å². The number of allylic oxidation sites excluding steroid dienone is 3. The molecule has 7 nitrogen and oxygen atoms in total. The van der Waals surface area contributed by atoms with Crippen LogP contribution in [0.25, 0.3) is 0 Å². The first-order valence-corrected chi connectivity index (χ1v) is 9.26. The molecule has 8 heteroatoms. The lowest BCUT2D eigenvalue weighted by Crippen LogP contribution is -2.28. The molecule has 29 heavy (non-hydrogen) atoms. The molecular weight excluding hydrogens is 377 g/mol. The van der Waals surface area contributed by atoms with Gasteiger partial charge in [-0.15, -0.1) is 0 Å². The molecule has 2 fully saturated rings. The summed E-state index contributed by atoms with van der Waals surface area (Å²) in [4.78, 5) is 28.8. The third-order valence-corrected chi connectivity index (χ3v) is 4.69. The van der Waals surface area contributed by atoms with E-state index in [-0.39, 0.29) is 25.2 Å². The van der Waals surface area contributed by atoms with Crippen molar-refractivity contribution in [3.8, 4) is 0 Å². The molecule has 0 aliphatic carbocycles. The maximum atomic E-state index is 14.7. The average molecular weight is 401 g/mol. The van der Waals surface area contributed by atoms with Crippen molar-refractivity contribution in [3.63, 3.8) is 0 Å². The number of cyclic esters (lactones) is 1. The number of hydrogen-bond acceptors (Lipinski definition) is 5. The largest absolute Gasteiger partial charge is 0.497 e. The highest BCUT2D eigenvalue weighted by Crippen LogP contribution is 2.29. The van der Waals surface area contributed by atoms with Gasteiger partial charge >= 0.3 is 6.09 Å². The molecule has 0 N–H and O–H groups in total. The number of benzene rings is 1. The number of rotatable bonds is 7. The minimum atomic E-state index is -0.490. The lowest BCUT2D eigenvalue weighted by molar-refractivity contribution is -0.126. The van der Waals surface area contributed by atoms with Crippen LogP contribution >= 0.6 is 0 Å². The molecule has 1 unspecified atom stereocenters. The summed E-state index contributed by atoms with van der Waals surface area (Å²) in [5, 5.41) is 0. The van der Waals surface area contributed by atoms with E-state index in [0.29, 0.717) is 30.2 Å². The normalized spacial score (nSPS) is 20.0. The summed E-state index contributed by atoms with van der Waals surface area (Å²) in [7, 11) is 1.55. The van der Waals surface area contributed by atoms with Crippen LogP contribution in [0.2, 0.25) is 0 Å². The Morgan fingerprint density at radius 2 is 2.21 bits per heavy atom. The van der Waals surface area contributed by atoms with Gasteiger partial charge in [-0.25, -0.2) is 9.18 Å². The highest BCUT2D eigenvalue weighted by Gasteiger charge is 2.31. The van der Waals surface area contributed by atoms with E-state index in [1.807, 2.05) is 0 Å². The summed E-state index contributed by atoms with van der Waals surface area (Å²) in [6.07, 6.45) is 6.16. The van der Waals surface area contributed by atoms with Crippen LogP contribution in [0.5, 0.6) is 0 Å². The Labute approximate surface area is 169 Å². The van der Waals surface area contributed by atoms with E-state index in [0.717, 1.165) is 0 Å². The van der Waals surface area contributed by atoms with E-state index in [4.69, 9.17) is 9.47 Å². The predicted octanol–water partition coefficient (Wildman–Crippen LogP) is 3.05. The van der Waals surface area contributed by atoms with Crippen LogP contribution in [-0.4, -0.2) is 56.4 Å². The fourth-order valence-corrected chi connectivity index (χ4v) is 3.26. The van der Waals surface area contributed by atoms with Crippen molar-refractivity contribution in [1.29, 1.82) is 0 Å². The maximum Gasteiger partial charge on any atom is 0.414 e. The number of ether oxygens (including phenoxy) is 2. The SMILES string of the molecule is C=C/C=C(\C=C/CN1CN(c2ccc(N3CC(C)OC3=O)cc2F)CC1=O)OC. The van der Waals surface area contributed by atoms with Crippen molar-refractivity contribution >= 4 is 23.4 Å². The summed E-state index contributed by atoms with van der Waals surface area (Å²) >= 11 is 0. The van der Waals surface area contributed by atoms with Crippen molar-refractivity contribution in [3.05, 3.63) is 60.7 Å². The smallest absolute Gasteiger partial charge is 0.414 e. The second kappa shape index (κ2) is 8.81. The van der Waals surface area contributed by atoms with Crippen LogP contribution in [0.3, 0.4) is 0 Å². The standard InChI is InChI=1S/C21H24FN3O4/c1-4-6-17(28-3)7-5-10-23-14-24(13-20(23)26)19-9-8-16(11-18(19)22)25-12-15(2)29-21(25)27/h4-9,11,15H,1,10,12-14H2,2-3H3/b7-5-,17-6+. The average Bonchev–Trinajstić information content (AvgIpc) is 3.22. The van der Waals surface area contributed by atoms with E-state index in [1.54, 1.807) is 60.3 Å². The minimum Gasteiger partial charge on any atom is -0.497 e. The summed E-state index contributed by atoms with van der Waals surface area (Å²) < 4.78 is 25.0. The Hall–Kier alpha value is -3.29. The van der Waals surface area contributed by atoms with E-state index in [2.05, 4.69) is 6.58 Å². The van der Waals surface area contributed by atoms with Gasteiger partial charge in [0.15, 0.2) is 0 Å². The van der Waals surface area contributed by atoms with E-state index in [1.165, 1.54) is 11.0 Å². The molecule has 2 aliphatic heterocycles. The van der Waals surface area contributed by atoms with E-state index < -0.39 is 11.9 Å². The van der Waals surface area contributed by atoms with Crippen molar-refractivity contribution in [1.82, 2.24) is 4.90 Å². The number of nitrogens with zero attached hydrogens (tertiary/aromatic N) is 3. The fourth-order valence-electron chi connectivity index (χ4n) is 3.26. The van der Waals surface area contributed by atoms with Crippen molar-refractivity contribution in [2.75, 3.05) is 43.2 Å². The number of carbonyl (C=O) groups is 2. The second-order valence-corrected chi connectivity index (χ2v) is 6.81. The summed E-state index contributed by atoms with van der Waals surface area (Å²) in [6.45, 7) is 6.51. The van der Waals surface area contributed by atoms with Crippen molar-refractivity contribution in [2.24, 2.45) is 0 Å². The van der Waals surface area contributed by atoms with Gasteiger partial charge in [-0.2, -0.15) is 0 Å². The lowest BCUT2D eigenvalue weighted by atomic mass is 10.2. The first-order chi connectivity index (χ1) is 13.9. The number of hydrogen-bond donors (Lipinski definition) is 0. The molecule has 0 saturated carbocycles. The topological polar surface area (TPSA) is 62.3 Å². The molecule has 2 amide bonds. The van der Waals surface area contributed by atoms with Crippen LogP contribution in [-0.2, 0) is 14.3 Å². The molecule has 154 valence electrons. The van der Waals surface area contributed by atoms with Gasteiger partial charge in [-0.05, 0) is 37.3 Å². The van der Waals surface area contributed by atoms with Crippen molar-refractivity contribution < 1.29 is 23.5 Å². The summed E-state index contributed by atoms with van der Waals surface area (Å²) in [6, 6.07) is 4.55. The van der Waals surface area contributed by atoms with Crippen molar-refractivity contribution in [2.45, 2.75) is 13.0 Å². The molecule has 0 radical (unpaired) electrons. The van der Waals surface area contributed by atoms with E-state index in [9.17, 15) is 14.0 Å². The molecule has 1 aromatic rings. The molecule has 1 atom stereocenters. The molecule has 3 rings (SSSR count). The zero-order valence-electron chi connectivity index (χ0n) is 16.5. The predicted molar refractivity (Wildman–Crippen MR) is 108 cm³/mol. The molecule has 2 heterocycles. The number of anilines is 2. The van der Waals surface area contributed by atoms with Crippen LogP contribution < -0.4 is 9.80 Å².